The zero-order chi connectivity index (χ0) is 13.3. The van der Waals surface area contributed by atoms with Crippen molar-refractivity contribution in [3.05, 3.63) is 0 Å². The van der Waals surface area contributed by atoms with Crippen LogP contribution in [-0.2, 0) is 14.3 Å². The molecule has 0 aromatic heterocycles. The van der Waals surface area contributed by atoms with Gasteiger partial charge in [0.2, 0.25) is 0 Å². The van der Waals surface area contributed by atoms with Crippen molar-refractivity contribution in [2.75, 3.05) is 18.6 Å². The first-order valence-electron chi connectivity index (χ1n) is 6.20. The maximum atomic E-state index is 11.7. The predicted molar refractivity (Wildman–Crippen MR) is 73.7 cm³/mol. The van der Waals surface area contributed by atoms with E-state index in [1.807, 2.05) is 37.4 Å². The summed E-state index contributed by atoms with van der Waals surface area (Å²) in [6.45, 7) is 3.84. The zero-order valence-corrected chi connectivity index (χ0v) is 12.5. The fourth-order valence-corrected chi connectivity index (χ4v) is 5.73. The highest BCUT2D eigenvalue weighted by Crippen LogP contribution is 2.43. The summed E-state index contributed by atoms with van der Waals surface area (Å²) in [5.41, 5.74) is 0. The summed E-state index contributed by atoms with van der Waals surface area (Å²) in [5.74, 6) is 1.66. The van der Waals surface area contributed by atoms with E-state index in [-0.39, 0.29) is 23.9 Å². The van der Waals surface area contributed by atoms with E-state index >= 15 is 0 Å². The molecule has 0 bridgehead atoms. The highest BCUT2D eigenvalue weighted by molar-refractivity contribution is 8.20. The molecule has 18 heavy (non-hydrogen) atoms. The van der Waals surface area contributed by atoms with Gasteiger partial charge in [0.15, 0.2) is 6.10 Å². The first-order chi connectivity index (χ1) is 8.56. The molecule has 0 amide bonds. The summed E-state index contributed by atoms with van der Waals surface area (Å²) in [4.78, 5) is 11.7. The Kier molecular flexibility index (Phi) is 4.86. The van der Waals surface area contributed by atoms with Gasteiger partial charge in [-0.25, -0.2) is 4.79 Å². The average Bonchev–Trinajstić information content (AvgIpc) is 2.89. The van der Waals surface area contributed by atoms with Gasteiger partial charge < -0.3 is 14.6 Å². The molecule has 4 nitrogen and oxygen atoms in total. The second kappa shape index (κ2) is 6.03. The van der Waals surface area contributed by atoms with E-state index < -0.39 is 12.2 Å². The number of esters is 1. The molecule has 6 heteroatoms. The Labute approximate surface area is 116 Å². The Morgan fingerprint density at radius 1 is 1.28 bits per heavy atom. The molecule has 0 aromatic rings. The third kappa shape index (κ3) is 2.66. The lowest BCUT2D eigenvalue weighted by molar-refractivity contribution is -0.190. The van der Waals surface area contributed by atoms with E-state index in [4.69, 9.17) is 9.47 Å². The number of rotatable bonds is 2. The lowest BCUT2D eigenvalue weighted by Gasteiger charge is -2.43. The molecule has 2 aliphatic rings. The fraction of sp³-hybridized carbons (Fsp3) is 0.917. The minimum Gasteiger partial charge on any atom is -0.467 e. The van der Waals surface area contributed by atoms with Gasteiger partial charge >= 0.3 is 5.97 Å². The normalized spacial score (nSPS) is 41.9. The Morgan fingerprint density at radius 2 is 1.89 bits per heavy atom. The highest BCUT2D eigenvalue weighted by atomic mass is 32.2. The van der Waals surface area contributed by atoms with E-state index in [1.54, 1.807) is 0 Å². The van der Waals surface area contributed by atoms with Gasteiger partial charge in [0.1, 0.15) is 0 Å². The summed E-state index contributed by atoms with van der Waals surface area (Å²) < 4.78 is 11.0. The number of thioether (sulfide) groups is 2. The maximum absolute atomic E-state index is 11.7. The second-order valence-electron chi connectivity index (χ2n) is 4.86. The van der Waals surface area contributed by atoms with E-state index in [0.29, 0.717) is 4.58 Å². The van der Waals surface area contributed by atoms with Crippen molar-refractivity contribution in [2.45, 2.75) is 36.7 Å². The van der Waals surface area contributed by atoms with Crippen LogP contribution in [0.15, 0.2) is 0 Å². The van der Waals surface area contributed by atoms with Gasteiger partial charge in [0.25, 0.3) is 0 Å². The minimum atomic E-state index is -0.645. The molecule has 0 spiro atoms. The van der Waals surface area contributed by atoms with Gasteiger partial charge in [-0.3, -0.25) is 0 Å². The van der Waals surface area contributed by atoms with Crippen LogP contribution in [0.1, 0.15) is 13.8 Å². The average molecular weight is 292 g/mol. The monoisotopic (exact) mass is 292 g/mol. The van der Waals surface area contributed by atoms with Crippen LogP contribution in [0.25, 0.3) is 0 Å². The molecular formula is C12H20O4S2. The molecule has 5 atom stereocenters. The molecule has 1 unspecified atom stereocenters. The molecule has 104 valence electrons. The molecule has 2 heterocycles. The number of aliphatic hydroxyl groups excluding tert-OH is 1. The summed E-state index contributed by atoms with van der Waals surface area (Å²) in [7, 11) is 1.36. The molecular weight excluding hydrogens is 272 g/mol. The van der Waals surface area contributed by atoms with Crippen molar-refractivity contribution in [1.82, 2.24) is 0 Å². The van der Waals surface area contributed by atoms with Crippen molar-refractivity contribution in [1.29, 1.82) is 0 Å². The molecule has 0 radical (unpaired) electrons. The Hall–Kier alpha value is 0.0900. The summed E-state index contributed by atoms with van der Waals surface area (Å²) in [6, 6.07) is 0. The number of ether oxygens (including phenoxy) is 2. The number of carbonyl (C=O) groups is 1. The molecule has 2 saturated heterocycles. The SMILES string of the molecule is COC(=O)[C@H]1OC(C2SCCS2)[C@@H](C)[C@@H](O)[C@H]1C. The van der Waals surface area contributed by atoms with Crippen LogP contribution in [0.3, 0.4) is 0 Å². The number of hydrogen-bond acceptors (Lipinski definition) is 6. The van der Waals surface area contributed by atoms with E-state index in [1.165, 1.54) is 7.11 Å². The molecule has 1 N–H and O–H groups in total. The van der Waals surface area contributed by atoms with E-state index in [2.05, 4.69) is 0 Å². The largest absolute Gasteiger partial charge is 0.467 e. The summed E-state index contributed by atoms with van der Waals surface area (Å²) in [5, 5.41) is 10.3. The lowest BCUT2D eigenvalue weighted by Crippen LogP contribution is -2.54. The maximum Gasteiger partial charge on any atom is 0.335 e. The predicted octanol–water partition coefficient (Wildman–Crippen LogP) is 1.37. The fourth-order valence-electron chi connectivity index (χ4n) is 2.53. The molecule has 0 aliphatic carbocycles. The van der Waals surface area contributed by atoms with Crippen molar-refractivity contribution >= 4 is 29.5 Å². The van der Waals surface area contributed by atoms with Gasteiger partial charge in [-0.1, -0.05) is 13.8 Å². The Balaban J connectivity index is 2.12. The van der Waals surface area contributed by atoms with Crippen LogP contribution < -0.4 is 0 Å². The first kappa shape index (κ1) is 14.5. The summed E-state index contributed by atoms with van der Waals surface area (Å²) >= 11 is 3.70. The van der Waals surface area contributed by atoms with Crippen molar-refractivity contribution in [3.63, 3.8) is 0 Å². The third-order valence-electron chi connectivity index (χ3n) is 3.73. The van der Waals surface area contributed by atoms with Crippen LogP contribution in [0.4, 0.5) is 0 Å². The lowest BCUT2D eigenvalue weighted by atomic mass is 9.83. The zero-order valence-electron chi connectivity index (χ0n) is 10.9. The first-order valence-corrected chi connectivity index (χ1v) is 8.30. The molecule has 2 rings (SSSR count). The number of hydrogen-bond donors (Lipinski definition) is 1. The number of aliphatic hydroxyl groups is 1. The Morgan fingerprint density at radius 3 is 2.44 bits per heavy atom. The minimum absolute atomic E-state index is 0.0454. The molecule has 2 aliphatic heterocycles. The van der Waals surface area contributed by atoms with Crippen LogP contribution in [-0.4, -0.2) is 52.6 Å². The molecule has 0 aromatic carbocycles. The topological polar surface area (TPSA) is 55.8 Å². The Bertz CT molecular complexity index is 306. The van der Waals surface area contributed by atoms with Crippen LogP contribution in [0, 0.1) is 11.8 Å². The second-order valence-corrected chi connectivity index (χ2v) is 7.66. The quantitative estimate of drug-likeness (QED) is 0.776. The smallest absolute Gasteiger partial charge is 0.335 e. The van der Waals surface area contributed by atoms with Gasteiger partial charge in [0, 0.05) is 23.3 Å². The van der Waals surface area contributed by atoms with Gasteiger partial charge in [-0.2, -0.15) is 0 Å². The van der Waals surface area contributed by atoms with Crippen LogP contribution in [0.5, 0.6) is 0 Å². The van der Waals surface area contributed by atoms with Crippen LogP contribution in [0.2, 0.25) is 0 Å². The highest BCUT2D eigenvalue weighted by Gasteiger charge is 2.47. The van der Waals surface area contributed by atoms with Gasteiger partial charge in [0.05, 0.1) is 23.9 Å². The van der Waals surface area contributed by atoms with Gasteiger partial charge in [-0.15, -0.1) is 23.5 Å². The molecule has 2 fully saturated rings. The number of carbonyl (C=O) groups excluding carboxylic acids is 1. The van der Waals surface area contributed by atoms with Crippen molar-refractivity contribution in [2.24, 2.45) is 11.8 Å². The number of methoxy groups -OCH3 is 1. The summed E-state index contributed by atoms with van der Waals surface area (Å²) in [6.07, 6.45) is -1.25. The van der Waals surface area contributed by atoms with E-state index in [9.17, 15) is 9.90 Å². The van der Waals surface area contributed by atoms with Crippen molar-refractivity contribution < 1.29 is 19.4 Å². The van der Waals surface area contributed by atoms with E-state index in [0.717, 1.165) is 11.5 Å². The van der Waals surface area contributed by atoms with Gasteiger partial charge in [-0.05, 0) is 0 Å². The molecule has 0 saturated carbocycles. The van der Waals surface area contributed by atoms with Crippen LogP contribution >= 0.6 is 23.5 Å². The standard InChI is InChI=1S/C12H20O4S2/c1-6-8(13)7(2)10(12-17-4-5-18-12)16-9(6)11(14)15-3/h6-10,12-13H,4-5H2,1-3H3/t6-,7+,8+,9+,10?/m1/s1. The third-order valence-corrected chi connectivity index (χ3v) is 6.87. The van der Waals surface area contributed by atoms with Crippen molar-refractivity contribution in [3.8, 4) is 0 Å².